The van der Waals surface area contributed by atoms with E-state index in [9.17, 15) is 10.1 Å². The topological polar surface area (TPSA) is 82.1 Å². The molecule has 6 nitrogen and oxygen atoms in total. The van der Waals surface area contributed by atoms with Gasteiger partial charge >= 0.3 is 5.69 Å². The minimum absolute atomic E-state index is 0.130. The number of hydrogen-bond donors (Lipinski definition) is 0. The normalized spacial score (nSPS) is 11.5. The van der Waals surface area contributed by atoms with Crippen LogP contribution in [-0.4, -0.2) is 14.9 Å². The molecule has 4 aromatic rings. The lowest BCUT2D eigenvalue weighted by Crippen LogP contribution is -1.87. The standard InChI is InChI=1S/C14H6ClN3O3/c15-9-1-2-11(18(19)20)13-12(9)8-5-7-6-16-4-3-10(7)17-14(8)21-13/h1-6H. The molecule has 3 aromatic heterocycles. The van der Waals surface area contributed by atoms with Crippen LogP contribution in [0.15, 0.2) is 41.1 Å². The van der Waals surface area contributed by atoms with Crippen LogP contribution >= 0.6 is 11.6 Å². The lowest BCUT2D eigenvalue weighted by atomic mass is 10.1. The average Bonchev–Trinajstić information content (AvgIpc) is 2.83. The number of fused-ring (bicyclic) bond motifs is 4. The van der Waals surface area contributed by atoms with E-state index in [2.05, 4.69) is 9.97 Å². The van der Waals surface area contributed by atoms with Crippen molar-refractivity contribution in [3.63, 3.8) is 0 Å². The fraction of sp³-hybridized carbons (Fsp3) is 0. The molecule has 0 spiro atoms. The highest BCUT2D eigenvalue weighted by atomic mass is 35.5. The molecule has 0 unspecified atom stereocenters. The van der Waals surface area contributed by atoms with E-state index in [-0.39, 0.29) is 11.3 Å². The van der Waals surface area contributed by atoms with Gasteiger partial charge in [-0.2, -0.15) is 0 Å². The third-order valence-electron chi connectivity index (χ3n) is 3.33. The zero-order valence-electron chi connectivity index (χ0n) is 10.4. The maximum atomic E-state index is 11.1. The summed E-state index contributed by atoms with van der Waals surface area (Å²) in [7, 11) is 0. The highest BCUT2D eigenvalue weighted by Gasteiger charge is 2.21. The van der Waals surface area contributed by atoms with Crippen LogP contribution in [0.2, 0.25) is 5.02 Å². The second-order valence-corrected chi connectivity index (χ2v) is 4.95. The summed E-state index contributed by atoms with van der Waals surface area (Å²) in [5, 5.41) is 13.4. The van der Waals surface area contributed by atoms with Gasteiger partial charge in [0.2, 0.25) is 11.3 Å². The number of nitro groups is 1. The number of rotatable bonds is 1. The first-order valence-corrected chi connectivity index (χ1v) is 6.43. The van der Waals surface area contributed by atoms with Gasteiger partial charge in [0.05, 0.1) is 26.2 Å². The number of non-ortho nitro benzene ring substituents is 1. The fourth-order valence-electron chi connectivity index (χ4n) is 2.40. The van der Waals surface area contributed by atoms with Crippen molar-refractivity contribution in [3.05, 3.63) is 51.8 Å². The van der Waals surface area contributed by atoms with E-state index in [4.69, 9.17) is 16.0 Å². The summed E-state index contributed by atoms with van der Waals surface area (Å²) in [5.74, 6) is 0. The van der Waals surface area contributed by atoms with Crippen molar-refractivity contribution in [2.45, 2.75) is 0 Å². The summed E-state index contributed by atoms with van der Waals surface area (Å²) in [6.45, 7) is 0. The average molecular weight is 300 g/mol. The monoisotopic (exact) mass is 299 g/mol. The minimum Gasteiger partial charge on any atom is -0.430 e. The molecule has 0 saturated carbocycles. The summed E-state index contributed by atoms with van der Waals surface area (Å²) >= 11 is 6.18. The molecular weight excluding hydrogens is 294 g/mol. The predicted octanol–water partition coefficient (Wildman–Crippen LogP) is 4.09. The molecule has 21 heavy (non-hydrogen) atoms. The Balaban J connectivity index is 2.25. The van der Waals surface area contributed by atoms with Gasteiger partial charge in [-0.1, -0.05) is 11.6 Å². The lowest BCUT2D eigenvalue weighted by molar-refractivity contribution is -0.383. The Morgan fingerprint density at radius 2 is 2.14 bits per heavy atom. The third kappa shape index (κ3) is 1.66. The Labute approximate surface area is 122 Å². The van der Waals surface area contributed by atoms with E-state index in [1.165, 1.54) is 12.1 Å². The molecule has 0 aliphatic heterocycles. The molecule has 0 aliphatic rings. The predicted molar refractivity (Wildman–Crippen MR) is 78.5 cm³/mol. The Morgan fingerprint density at radius 1 is 1.29 bits per heavy atom. The molecule has 102 valence electrons. The molecular formula is C14H6ClN3O3. The van der Waals surface area contributed by atoms with Gasteiger partial charge in [0.25, 0.3) is 0 Å². The van der Waals surface area contributed by atoms with Crippen LogP contribution in [0.25, 0.3) is 33.0 Å². The number of furan rings is 1. The van der Waals surface area contributed by atoms with Crippen LogP contribution in [0, 0.1) is 10.1 Å². The maximum absolute atomic E-state index is 11.1. The van der Waals surface area contributed by atoms with Crippen LogP contribution in [0.5, 0.6) is 0 Å². The SMILES string of the molecule is O=[N+]([O-])c1ccc(Cl)c2c1oc1nc3ccncc3cc12. The Kier molecular flexibility index (Phi) is 2.37. The maximum Gasteiger partial charge on any atom is 0.312 e. The minimum atomic E-state index is -0.498. The van der Waals surface area contributed by atoms with Crippen LogP contribution in [-0.2, 0) is 0 Å². The highest BCUT2D eigenvalue weighted by Crippen LogP contribution is 2.39. The number of benzene rings is 1. The quantitative estimate of drug-likeness (QED) is 0.390. The van der Waals surface area contributed by atoms with Gasteiger partial charge in [-0.15, -0.1) is 0 Å². The van der Waals surface area contributed by atoms with Crippen LogP contribution in [0.3, 0.4) is 0 Å². The first-order chi connectivity index (χ1) is 10.1. The third-order valence-corrected chi connectivity index (χ3v) is 3.65. The van der Waals surface area contributed by atoms with Gasteiger partial charge in [-0.25, -0.2) is 4.98 Å². The highest BCUT2D eigenvalue weighted by molar-refractivity contribution is 6.38. The van der Waals surface area contributed by atoms with Crippen molar-refractivity contribution in [1.82, 2.24) is 9.97 Å². The van der Waals surface area contributed by atoms with Crippen LogP contribution in [0.4, 0.5) is 5.69 Å². The van der Waals surface area contributed by atoms with Crippen molar-refractivity contribution in [1.29, 1.82) is 0 Å². The molecule has 0 aliphatic carbocycles. The van der Waals surface area contributed by atoms with E-state index in [1.54, 1.807) is 18.5 Å². The molecule has 4 rings (SSSR count). The van der Waals surface area contributed by atoms with Crippen molar-refractivity contribution < 1.29 is 9.34 Å². The number of nitrogens with zero attached hydrogens (tertiary/aromatic N) is 3. The Bertz CT molecular complexity index is 1040. The van der Waals surface area contributed by atoms with Gasteiger partial charge < -0.3 is 4.42 Å². The van der Waals surface area contributed by atoms with E-state index in [1.807, 2.05) is 6.07 Å². The van der Waals surface area contributed by atoms with E-state index < -0.39 is 4.92 Å². The first-order valence-electron chi connectivity index (χ1n) is 6.05. The largest absolute Gasteiger partial charge is 0.430 e. The zero-order valence-corrected chi connectivity index (χ0v) is 11.2. The summed E-state index contributed by atoms with van der Waals surface area (Å²) < 4.78 is 5.58. The molecule has 0 saturated heterocycles. The second-order valence-electron chi connectivity index (χ2n) is 4.54. The molecule has 1 aromatic carbocycles. The number of pyridine rings is 2. The van der Waals surface area contributed by atoms with Crippen molar-refractivity contribution in [2.24, 2.45) is 0 Å². The van der Waals surface area contributed by atoms with E-state index in [0.29, 0.717) is 27.0 Å². The van der Waals surface area contributed by atoms with Crippen LogP contribution < -0.4 is 0 Å². The van der Waals surface area contributed by atoms with Gasteiger partial charge in [-0.3, -0.25) is 15.1 Å². The second kappa shape index (κ2) is 4.13. The number of nitro benzene ring substituents is 1. The molecule has 0 N–H and O–H groups in total. The van der Waals surface area contributed by atoms with Gasteiger partial charge in [0.1, 0.15) is 0 Å². The molecule has 0 atom stereocenters. The molecule has 0 amide bonds. The van der Waals surface area contributed by atoms with E-state index in [0.717, 1.165) is 5.39 Å². The number of aromatic nitrogens is 2. The van der Waals surface area contributed by atoms with Gasteiger partial charge in [0.15, 0.2) is 0 Å². The summed E-state index contributed by atoms with van der Waals surface area (Å²) in [6.07, 6.45) is 3.30. The first kappa shape index (κ1) is 12.0. The zero-order chi connectivity index (χ0) is 14.6. The van der Waals surface area contributed by atoms with E-state index >= 15 is 0 Å². The summed E-state index contributed by atoms with van der Waals surface area (Å²) in [4.78, 5) is 19.0. The smallest absolute Gasteiger partial charge is 0.312 e. The van der Waals surface area contributed by atoms with Gasteiger partial charge in [0, 0.05) is 23.8 Å². The number of hydrogen-bond acceptors (Lipinski definition) is 5. The van der Waals surface area contributed by atoms with Crippen LogP contribution in [0.1, 0.15) is 0 Å². The molecule has 7 heteroatoms. The Morgan fingerprint density at radius 3 is 2.95 bits per heavy atom. The molecule has 3 heterocycles. The van der Waals surface area contributed by atoms with Gasteiger partial charge in [-0.05, 0) is 18.2 Å². The molecule has 0 fully saturated rings. The van der Waals surface area contributed by atoms with Crippen molar-refractivity contribution >= 4 is 50.3 Å². The number of halogens is 1. The fourth-order valence-corrected chi connectivity index (χ4v) is 2.65. The lowest BCUT2D eigenvalue weighted by Gasteiger charge is -1.96. The molecule has 0 radical (unpaired) electrons. The summed E-state index contributed by atoms with van der Waals surface area (Å²) in [6, 6.07) is 6.39. The van der Waals surface area contributed by atoms with Crippen molar-refractivity contribution in [2.75, 3.05) is 0 Å². The molecule has 0 bridgehead atoms. The van der Waals surface area contributed by atoms with Crippen molar-refractivity contribution in [3.8, 4) is 0 Å². The summed E-state index contributed by atoms with van der Waals surface area (Å²) in [5.41, 5.74) is 1.03. The Hall–Kier alpha value is -2.73.